The summed E-state index contributed by atoms with van der Waals surface area (Å²) in [5.41, 5.74) is 2.22. The molecular weight excluding hydrogens is 316 g/mol. The normalized spacial score (nSPS) is 11.0. The minimum absolute atomic E-state index is 0.759. The van der Waals surface area contributed by atoms with Crippen LogP contribution >= 0.6 is 23.4 Å². The molecule has 5 heteroatoms. The van der Waals surface area contributed by atoms with Crippen LogP contribution in [0.5, 0.6) is 5.75 Å². The topological polar surface area (TPSA) is 37.0 Å². The van der Waals surface area contributed by atoms with E-state index in [4.69, 9.17) is 16.3 Å². The van der Waals surface area contributed by atoms with Crippen molar-refractivity contribution >= 4 is 34.3 Å². The van der Waals surface area contributed by atoms with Gasteiger partial charge in [0.15, 0.2) is 0 Å². The number of benzene rings is 2. The quantitative estimate of drug-likeness (QED) is 0.711. The summed E-state index contributed by atoms with van der Waals surface area (Å²) in [6, 6.07) is 12.1. The highest BCUT2D eigenvalue weighted by Gasteiger charge is 2.11. The second kappa shape index (κ2) is 6.65. The van der Waals surface area contributed by atoms with Crippen molar-refractivity contribution in [1.29, 1.82) is 0 Å². The van der Waals surface area contributed by atoms with Gasteiger partial charge in [-0.25, -0.2) is 0 Å². The van der Waals surface area contributed by atoms with Crippen LogP contribution in [-0.4, -0.2) is 19.1 Å². The molecule has 114 valence electrons. The second-order valence-electron chi connectivity index (χ2n) is 4.92. The maximum Gasteiger partial charge on any atom is 0.142 e. The fourth-order valence-electron chi connectivity index (χ4n) is 2.45. The van der Waals surface area contributed by atoms with E-state index < -0.39 is 0 Å². The Morgan fingerprint density at radius 2 is 2.09 bits per heavy atom. The second-order valence-corrected chi connectivity index (χ2v) is 6.44. The average Bonchev–Trinajstić information content (AvgIpc) is 2.93. The molecule has 0 fully saturated rings. The van der Waals surface area contributed by atoms with Crippen LogP contribution in [0.1, 0.15) is 5.56 Å². The predicted molar refractivity (Wildman–Crippen MR) is 93.2 cm³/mol. The maximum atomic E-state index is 6.11. The predicted octanol–water partition coefficient (Wildman–Crippen LogP) is 4.70. The number of para-hydroxylation sites is 1. The van der Waals surface area contributed by atoms with Crippen molar-refractivity contribution in [3.8, 4) is 5.75 Å². The van der Waals surface area contributed by atoms with Gasteiger partial charge in [0.1, 0.15) is 5.75 Å². The van der Waals surface area contributed by atoms with E-state index >= 15 is 0 Å². The molecule has 2 aromatic carbocycles. The number of hydrogen-bond acceptors (Lipinski definition) is 3. The van der Waals surface area contributed by atoms with E-state index in [0.717, 1.165) is 28.2 Å². The van der Waals surface area contributed by atoms with Crippen molar-refractivity contribution in [2.45, 2.75) is 16.3 Å². The molecule has 0 radical (unpaired) electrons. The van der Waals surface area contributed by atoms with Gasteiger partial charge >= 0.3 is 0 Å². The van der Waals surface area contributed by atoms with Gasteiger partial charge in [0, 0.05) is 32.9 Å². The molecule has 0 aliphatic carbocycles. The standard InChI is InChI=1S/C17H17ClN2OS/c1-19-9-11-8-12(18)6-7-15(11)22-16-10-20-17-13(16)4-3-5-14(17)21-2/h3-8,10,19-20H,9H2,1-2H3. The van der Waals surface area contributed by atoms with Crippen molar-refractivity contribution in [2.24, 2.45) is 0 Å². The third kappa shape index (κ3) is 2.95. The van der Waals surface area contributed by atoms with E-state index in [0.29, 0.717) is 0 Å². The minimum atomic E-state index is 0.759. The largest absolute Gasteiger partial charge is 0.495 e. The van der Waals surface area contributed by atoms with Crippen molar-refractivity contribution < 1.29 is 4.74 Å². The summed E-state index contributed by atoms with van der Waals surface area (Å²) in [6.45, 7) is 0.786. The van der Waals surface area contributed by atoms with E-state index in [1.807, 2.05) is 37.5 Å². The summed E-state index contributed by atoms with van der Waals surface area (Å²) in [4.78, 5) is 5.67. The summed E-state index contributed by atoms with van der Waals surface area (Å²) in [5, 5.41) is 5.11. The summed E-state index contributed by atoms with van der Waals surface area (Å²) in [6.07, 6.45) is 2.02. The summed E-state index contributed by atoms with van der Waals surface area (Å²) in [7, 11) is 3.62. The third-order valence-electron chi connectivity index (χ3n) is 3.47. The van der Waals surface area contributed by atoms with E-state index in [1.54, 1.807) is 18.9 Å². The van der Waals surface area contributed by atoms with Gasteiger partial charge in [0.05, 0.1) is 12.6 Å². The van der Waals surface area contributed by atoms with Crippen LogP contribution in [0.25, 0.3) is 10.9 Å². The number of rotatable bonds is 5. The van der Waals surface area contributed by atoms with Crippen LogP contribution in [-0.2, 0) is 6.54 Å². The molecule has 2 N–H and O–H groups in total. The van der Waals surface area contributed by atoms with Crippen LogP contribution in [0.3, 0.4) is 0 Å². The van der Waals surface area contributed by atoms with E-state index in [-0.39, 0.29) is 0 Å². The Hall–Kier alpha value is -1.62. The Bertz CT molecular complexity index is 800. The highest BCUT2D eigenvalue weighted by atomic mass is 35.5. The molecule has 0 saturated carbocycles. The Labute approximate surface area is 139 Å². The lowest BCUT2D eigenvalue weighted by atomic mass is 10.2. The number of aromatic nitrogens is 1. The minimum Gasteiger partial charge on any atom is -0.495 e. The van der Waals surface area contributed by atoms with Crippen molar-refractivity contribution in [2.75, 3.05) is 14.2 Å². The Kier molecular flexibility index (Phi) is 4.62. The van der Waals surface area contributed by atoms with Crippen molar-refractivity contribution in [3.05, 3.63) is 53.2 Å². The number of methoxy groups -OCH3 is 1. The van der Waals surface area contributed by atoms with Gasteiger partial charge in [-0.1, -0.05) is 35.5 Å². The summed E-state index contributed by atoms with van der Waals surface area (Å²) >= 11 is 7.84. The zero-order valence-electron chi connectivity index (χ0n) is 12.4. The number of halogens is 1. The van der Waals surface area contributed by atoms with Crippen LogP contribution < -0.4 is 10.1 Å². The average molecular weight is 333 g/mol. The Morgan fingerprint density at radius 1 is 1.23 bits per heavy atom. The molecule has 3 nitrogen and oxygen atoms in total. The molecule has 3 aromatic rings. The van der Waals surface area contributed by atoms with Crippen LogP contribution in [0.15, 0.2) is 52.4 Å². The fraction of sp³-hybridized carbons (Fsp3) is 0.176. The number of ether oxygens (including phenoxy) is 1. The Balaban J connectivity index is 2.00. The first kappa shape index (κ1) is 15.3. The van der Waals surface area contributed by atoms with Gasteiger partial charge in [0.25, 0.3) is 0 Å². The number of hydrogen-bond donors (Lipinski definition) is 2. The first-order chi connectivity index (χ1) is 10.7. The molecule has 0 saturated heterocycles. The number of fused-ring (bicyclic) bond motifs is 1. The van der Waals surface area contributed by atoms with Gasteiger partial charge in [0.2, 0.25) is 0 Å². The smallest absolute Gasteiger partial charge is 0.142 e. The molecular formula is C17H17ClN2OS. The molecule has 1 aromatic heterocycles. The fourth-order valence-corrected chi connectivity index (χ4v) is 3.68. The molecule has 0 unspecified atom stereocenters. The van der Waals surface area contributed by atoms with Crippen molar-refractivity contribution in [3.63, 3.8) is 0 Å². The SMILES string of the molecule is CNCc1cc(Cl)ccc1Sc1c[nH]c2c(OC)cccc12. The molecule has 3 rings (SSSR count). The lowest BCUT2D eigenvalue weighted by molar-refractivity contribution is 0.419. The number of aromatic amines is 1. The molecule has 0 aliphatic rings. The lowest BCUT2D eigenvalue weighted by Crippen LogP contribution is -2.06. The highest BCUT2D eigenvalue weighted by Crippen LogP contribution is 2.38. The van der Waals surface area contributed by atoms with Crippen LogP contribution in [0.4, 0.5) is 0 Å². The molecule has 0 amide bonds. The monoisotopic (exact) mass is 332 g/mol. The third-order valence-corrected chi connectivity index (χ3v) is 4.88. The van der Waals surface area contributed by atoms with E-state index in [9.17, 15) is 0 Å². The maximum absolute atomic E-state index is 6.11. The zero-order chi connectivity index (χ0) is 15.5. The Morgan fingerprint density at radius 3 is 2.86 bits per heavy atom. The lowest BCUT2D eigenvalue weighted by Gasteiger charge is -2.09. The van der Waals surface area contributed by atoms with Gasteiger partial charge < -0.3 is 15.0 Å². The number of nitrogens with one attached hydrogen (secondary N) is 2. The van der Waals surface area contributed by atoms with Gasteiger partial charge in [-0.2, -0.15) is 0 Å². The van der Waals surface area contributed by atoms with Crippen LogP contribution in [0.2, 0.25) is 5.02 Å². The molecule has 22 heavy (non-hydrogen) atoms. The van der Waals surface area contributed by atoms with Gasteiger partial charge in [-0.15, -0.1) is 0 Å². The van der Waals surface area contributed by atoms with Gasteiger partial charge in [-0.05, 0) is 36.9 Å². The molecule has 0 spiro atoms. The van der Waals surface area contributed by atoms with Gasteiger partial charge in [-0.3, -0.25) is 0 Å². The summed E-state index contributed by atoms with van der Waals surface area (Å²) in [5.74, 6) is 0.857. The first-order valence-corrected chi connectivity index (χ1v) is 8.17. The van der Waals surface area contributed by atoms with E-state index in [2.05, 4.69) is 22.4 Å². The molecule has 0 aliphatic heterocycles. The van der Waals surface area contributed by atoms with Crippen molar-refractivity contribution in [1.82, 2.24) is 10.3 Å². The molecule has 0 atom stereocenters. The zero-order valence-corrected chi connectivity index (χ0v) is 14.0. The first-order valence-electron chi connectivity index (χ1n) is 6.98. The molecule has 1 heterocycles. The summed E-state index contributed by atoms with van der Waals surface area (Å²) < 4.78 is 5.40. The van der Waals surface area contributed by atoms with E-state index in [1.165, 1.54) is 15.4 Å². The highest BCUT2D eigenvalue weighted by molar-refractivity contribution is 7.99. The molecule has 0 bridgehead atoms. The van der Waals surface area contributed by atoms with Crippen LogP contribution in [0, 0.1) is 0 Å². The number of H-pyrrole nitrogens is 1.